The van der Waals surface area contributed by atoms with Crippen LogP contribution in [-0.4, -0.2) is 28.7 Å². The number of hydrogen-bond donors (Lipinski definition) is 2. The lowest BCUT2D eigenvalue weighted by Crippen LogP contribution is -2.32. The van der Waals surface area contributed by atoms with Gasteiger partial charge in [0.1, 0.15) is 5.75 Å². The minimum atomic E-state index is -0.445. The molecule has 0 aliphatic heterocycles. The topological polar surface area (TPSA) is 85.2 Å². The molecule has 0 spiro atoms. The lowest BCUT2D eigenvalue weighted by molar-refractivity contribution is -0.122. The molecule has 1 heterocycles. The summed E-state index contributed by atoms with van der Waals surface area (Å²) in [6.07, 6.45) is 2.05. The fourth-order valence-corrected chi connectivity index (χ4v) is 3.88. The summed E-state index contributed by atoms with van der Waals surface area (Å²) in [5, 5.41) is 10.7. The number of methoxy groups -OCH3 is 1. The first kappa shape index (κ1) is 23.8. The van der Waals surface area contributed by atoms with Crippen LogP contribution in [-0.2, 0) is 16.1 Å². The van der Waals surface area contributed by atoms with E-state index in [-0.39, 0.29) is 18.2 Å². The molecule has 0 aliphatic rings. The van der Waals surface area contributed by atoms with Gasteiger partial charge in [0.05, 0.1) is 31.0 Å². The highest BCUT2D eigenvalue weighted by Crippen LogP contribution is 2.24. The van der Waals surface area contributed by atoms with Crippen LogP contribution < -0.4 is 15.4 Å². The average Bonchev–Trinajstić information content (AvgIpc) is 3.32. The van der Waals surface area contributed by atoms with E-state index in [9.17, 15) is 9.59 Å². The van der Waals surface area contributed by atoms with Crippen molar-refractivity contribution >= 4 is 11.8 Å². The lowest BCUT2D eigenvalue weighted by atomic mass is 10.0. The van der Waals surface area contributed by atoms with Crippen molar-refractivity contribution in [3.05, 3.63) is 102 Å². The summed E-state index contributed by atoms with van der Waals surface area (Å²) in [5.41, 5.74) is 4.45. The molecule has 2 N–H and O–H groups in total. The third-order valence-electron chi connectivity index (χ3n) is 5.62. The van der Waals surface area contributed by atoms with Crippen LogP contribution in [0, 0.1) is 0 Å². The number of ether oxygens (including phenoxy) is 1. The molecule has 0 saturated heterocycles. The van der Waals surface area contributed by atoms with E-state index in [1.807, 2.05) is 95.8 Å². The molecule has 0 aliphatic carbocycles. The number of nitrogens with zero attached hydrogens (tertiary/aromatic N) is 2. The van der Waals surface area contributed by atoms with Gasteiger partial charge in [0.2, 0.25) is 11.8 Å². The Bertz CT molecular complexity index is 1270. The highest BCUT2D eigenvalue weighted by atomic mass is 16.5. The number of aromatic nitrogens is 2. The van der Waals surface area contributed by atoms with E-state index in [0.717, 1.165) is 28.1 Å². The fraction of sp³-hybridized carbons (Fsp3) is 0.179. The Balaban J connectivity index is 1.51. The number of para-hydroxylation sites is 1. The number of benzene rings is 3. The SMILES string of the molecule is COc1ccc(C(CC(=O)NCc2cn(-c3ccccc3)nc2-c2ccccc2)NC(C)=O)cc1. The molecule has 7 heteroatoms. The van der Waals surface area contributed by atoms with Crippen LogP contribution in [0.25, 0.3) is 16.9 Å². The summed E-state index contributed by atoms with van der Waals surface area (Å²) in [6, 6.07) is 26.6. The van der Waals surface area contributed by atoms with Gasteiger partial charge in [-0.15, -0.1) is 0 Å². The Kier molecular flexibility index (Phi) is 7.57. The molecule has 0 radical (unpaired) electrons. The molecule has 4 rings (SSSR count). The van der Waals surface area contributed by atoms with Gasteiger partial charge in [-0.25, -0.2) is 4.68 Å². The molecular weight excluding hydrogens is 440 g/mol. The second kappa shape index (κ2) is 11.2. The predicted octanol–water partition coefficient (Wildman–Crippen LogP) is 4.43. The first-order chi connectivity index (χ1) is 17.0. The molecule has 7 nitrogen and oxygen atoms in total. The normalized spacial score (nSPS) is 11.5. The summed E-state index contributed by atoms with van der Waals surface area (Å²) < 4.78 is 7.03. The minimum absolute atomic E-state index is 0.111. The highest BCUT2D eigenvalue weighted by Gasteiger charge is 2.19. The Morgan fingerprint density at radius 3 is 2.23 bits per heavy atom. The molecule has 1 atom stereocenters. The van der Waals surface area contributed by atoms with E-state index < -0.39 is 6.04 Å². The molecule has 2 amide bonds. The van der Waals surface area contributed by atoms with E-state index in [4.69, 9.17) is 9.84 Å². The summed E-state index contributed by atoms with van der Waals surface area (Å²) in [5.74, 6) is 0.337. The van der Waals surface area contributed by atoms with Gasteiger partial charge in [-0.05, 0) is 29.8 Å². The lowest BCUT2D eigenvalue weighted by Gasteiger charge is -2.18. The standard InChI is InChI=1S/C28H28N4O3/c1-20(33)30-26(21-13-15-25(35-2)16-14-21)17-27(34)29-18-23-19-32(24-11-7-4-8-12-24)31-28(23)22-9-5-3-6-10-22/h3-16,19,26H,17-18H2,1-2H3,(H,29,34)(H,30,33). The minimum Gasteiger partial charge on any atom is -0.497 e. The summed E-state index contributed by atoms with van der Waals surface area (Å²) in [4.78, 5) is 24.7. The largest absolute Gasteiger partial charge is 0.497 e. The predicted molar refractivity (Wildman–Crippen MR) is 135 cm³/mol. The maximum atomic E-state index is 12.9. The first-order valence-electron chi connectivity index (χ1n) is 11.4. The van der Waals surface area contributed by atoms with Crippen LogP contribution >= 0.6 is 0 Å². The van der Waals surface area contributed by atoms with Crippen molar-refractivity contribution in [2.75, 3.05) is 7.11 Å². The van der Waals surface area contributed by atoms with Gasteiger partial charge in [0.25, 0.3) is 0 Å². The van der Waals surface area contributed by atoms with Crippen molar-refractivity contribution < 1.29 is 14.3 Å². The smallest absolute Gasteiger partial charge is 0.222 e. The first-order valence-corrected chi connectivity index (χ1v) is 11.4. The summed E-state index contributed by atoms with van der Waals surface area (Å²) in [7, 11) is 1.59. The van der Waals surface area contributed by atoms with Crippen LogP contribution in [0.1, 0.15) is 30.5 Å². The number of rotatable bonds is 9. The second-order valence-electron chi connectivity index (χ2n) is 8.16. The number of carbonyl (C=O) groups excluding carboxylic acids is 2. The molecule has 0 bridgehead atoms. The maximum absolute atomic E-state index is 12.9. The molecule has 178 valence electrons. The molecule has 4 aromatic rings. The number of nitrogens with one attached hydrogen (secondary N) is 2. The van der Waals surface area contributed by atoms with Crippen LogP contribution in [0.2, 0.25) is 0 Å². The molecule has 35 heavy (non-hydrogen) atoms. The molecule has 1 unspecified atom stereocenters. The zero-order valence-electron chi connectivity index (χ0n) is 19.8. The summed E-state index contributed by atoms with van der Waals surface area (Å²) in [6.45, 7) is 1.75. The molecule has 3 aromatic carbocycles. The molecule has 0 fully saturated rings. The van der Waals surface area contributed by atoms with E-state index in [1.54, 1.807) is 7.11 Å². The van der Waals surface area contributed by atoms with E-state index >= 15 is 0 Å². The van der Waals surface area contributed by atoms with E-state index in [0.29, 0.717) is 12.3 Å². The number of carbonyl (C=O) groups is 2. The van der Waals surface area contributed by atoms with Crippen molar-refractivity contribution in [1.29, 1.82) is 0 Å². The fourth-order valence-electron chi connectivity index (χ4n) is 3.88. The Morgan fingerprint density at radius 1 is 0.943 bits per heavy atom. The second-order valence-corrected chi connectivity index (χ2v) is 8.16. The zero-order valence-corrected chi connectivity index (χ0v) is 19.8. The Labute approximate surface area is 204 Å². The van der Waals surface area contributed by atoms with Crippen LogP contribution in [0.4, 0.5) is 0 Å². The van der Waals surface area contributed by atoms with Crippen molar-refractivity contribution in [2.45, 2.75) is 25.9 Å². The third-order valence-corrected chi connectivity index (χ3v) is 5.62. The molecule has 0 saturated carbocycles. The van der Waals surface area contributed by atoms with Crippen molar-refractivity contribution in [3.63, 3.8) is 0 Å². The van der Waals surface area contributed by atoms with Gasteiger partial charge in [-0.1, -0.05) is 60.7 Å². The van der Waals surface area contributed by atoms with E-state index in [1.165, 1.54) is 6.92 Å². The van der Waals surface area contributed by atoms with Crippen molar-refractivity contribution in [3.8, 4) is 22.7 Å². The quantitative estimate of drug-likeness (QED) is 0.381. The van der Waals surface area contributed by atoms with Crippen molar-refractivity contribution in [1.82, 2.24) is 20.4 Å². The molecule has 1 aromatic heterocycles. The van der Waals surface area contributed by atoms with Crippen LogP contribution in [0.5, 0.6) is 5.75 Å². The zero-order chi connectivity index (χ0) is 24.6. The summed E-state index contributed by atoms with van der Waals surface area (Å²) >= 11 is 0. The van der Waals surface area contributed by atoms with Gasteiger partial charge < -0.3 is 15.4 Å². The van der Waals surface area contributed by atoms with Gasteiger partial charge in [-0.3, -0.25) is 9.59 Å². The Morgan fingerprint density at radius 2 is 1.60 bits per heavy atom. The van der Waals surface area contributed by atoms with Crippen LogP contribution in [0.15, 0.2) is 91.1 Å². The van der Waals surface area contributed by atoms with Gasteiger partial charge >= 0.3 is 0 Å². The average molecular weight is 469 g/mol. The molecular formula is C28H28N4O3. The van der Waals surface area contributed by atoms with Crippen molar-refractivity contribution in [2.24, 2.45) is 0 Å². The van der Waals surface area contributed by atoms with Gasteiger partial charge in [-0.2, -0.15) is 5.10 Å². The van der Waals surface area contributed by atoms with E-state index in [2.05, 4.69) is 10.6 Å². The Hall–Kier alpha value is -4.39. The number of hydrogen-bond acceptors (Lipinski definition) is 4. The van der Waals surface area contributed by atoms with Crippen LogP contribution in [0.3, 0.4) is 0 Å². The van der Waals surface area contributed by atoms with Gasteiger partial charge in [0, 0.05) is 30.8 Å². The number of amides is 2. The van der Waals surface area contributed by atoms with Gasteiger partial charge in [0.15, 0.2) is 0 Å². The highest BCUT2D eigenvalue weighted by molar-refractivity contribution is 5.79. The monoisotopic (exact) mass is 468 g/mol. The maximum Gasteiger partial charge on any atom is 0.222 e. The third kappa shape index (κ3) is 6.14.